The van der Waals surface area contributed by atoms with Crippen molar-refractivity contribution in [2.24, 2.45) is 0 Å². The number of aliphatic hydroxyl groups excluding tert-OH is 1. The number of nitrogens with zero attached hydrogens (tertiary/aromatic N) is 1. The van der Waals surface area contributed by atoms with Gasteiger partial charge in [-0.1, -0.05) is 24.3 Å². The summed E-state index contributed by atoms with van der Waals surface area (Å²) in [6.07, 6.45) is 0. The number of carbonyl (C=O) groups excluding carboxylic acids is 3. The summed E-state index contributed by atoms with van der Waals surface area (Å²) in [5.41, 5.74) is 1.00. The monoisotopic (exact) mass is 531 g/mol. The fraction of sp³-hybridized carbons (Fsp3) is 0.233. The number of ketones is 1. The van der Waals surface area contributed by atoms with Gasteiger partial charge < -0.3 is 24.1 Å². The van der Waals surface area contributed by atoms with Crippen LogP contribution in [0.15, 0.2) is 72.3 Å². The third kappa shape index (κ3) is 5.16. The van der Waals surface area contributed by atoms with Gasteiger partial charge in [-0.15, -0.1) is 0 Å². The lowest BCUT2D eigenvalue weighted by Crippen LogP contribution is -2.29. The minimum atomic E-state index is -1.07. The summed E-state index contributed by atoms with van der Waals surface area (Å²) < 4.78 is 21.7. The number of methoxy groups -OCH3 is 2. The molecule has 0 aliphatic carbocycles. The Balaban J connectivity index is 1.98. The number of esters is 1. The highest BCUT2D eigenvalue weighted by Crippen LogP contribution is 2.46. The molecule has 9 nitrogen and oxygen atoms in total. The van der Waals surface area contributed by atoms with Crippen LogP contribution in [0.2, 0.25) is 0 Å². The van der Waals surface area contributed by atoms with Crippen LogP contribution in [-0.2, 0) is 14.3 Å². The van der Waals surface area contributed by atoms with Gasteiger partial charge in [0, 0.05) is 17.3 Å². The van der Waals surface area contributed by atoms with E-state index in [2.05, 4.69) is 0 Å². The maximum Gasteiger partial charge on any atom is 0.337 e. The second-order valence-corrected chi connectivity index (χ2v) is 8.48. The van der Waals surface area contributed by atoms with Crippen molar-refractivity contribution in [1.82, 2.24) is 0 Å². The smallest absolute Gasteiger partial charge is 0.337 e. The summed E-state index contributed by atoms with van der Waals surface area (Å²) in [6, 6.07) is 16.9. The van der Waals surface area contributed by atoms with Gasteiger partial charge in [0.05, 0.1) is 50.2 Å². The van der Waals surface area contributed by atoms with E-state index in [0.717, 1.165) is 0 Å². The van der Waals surface area contributed by atoms with E-state index in [0.29, 0.717) is 36.0 Å². The van der Waals surface area contributed by atoms with Crippen molar-refractivity contribution in [2.75, 3.05) is 32.3 Å². The SMILES string of the molecule is CCOc1ccc(/C(O)=C2\C(=O)C(=O)N(c3cccc(C(=O)OC)c3)C2c2ccccc2OC)c(OCC)c1. The van der Waals surface area contributed by atoms with E-state index in [-0.39, 0.29) is 22.4 Å². The van der Waals surface area contributed by atoms with Gasteiger partial charge in [-0.25, -0.2) is 4.79 Å². The molecule has 3 aromatic carbocycles. The van der Waals surface area contributed by atoms with Crippen LogP contribution in [0.4, 0.5) is 5.69 Å². The summed E-state index contributed by atoms with van der Waals surface area (Å²) in [7, 11) is 2.73. The van der Waals surface area contributed by atoms with Crippen molar-refractivity contribution >= 4 is 29.1 Å². The first-order valence-corrected chi connectivity index (χ1v) is 12.4. The fourth-order valence-electron chi connectivity index (χ4n) is 4.56. The van der Waals surface area contributed by atoms with Crippen LogP contribution in [0.3, 0.4) is 0 Å². The average molecular weight is 532 g/mol. The third-order valence-electron chi connectivity index (χ3n) is 6.24. The molecule has 1 saturated heterocycles. The maximum atomic E-state index is 13.6. The molecule has 0 saturated carbocycles. The quantitative estimate of drug-likeness (QED) is 0.180. The van der Waals surface area contributed by atoms with Gasteiger partial charge in [-0.2, -0.15) is 0 Å². The molecule has 1 unspecified atom stereocenters. The highest BCUT2D eigenvalue weighted by molar-refractivity contribution is 6.51. The number of hydrogen-bond acceptors (Lipinski definition) is 8. The zero-order chi connectivity index (χ0) is 28.1. The lowest BCUT2D eigenvalue weighted by molar-refractivity contribution is -0.132. The Kier molecular flexibility index (Phi) is 8.19. The first kappa shape index (κ1) is 27.3. The lowest BCUT2D eigenvalue weighted by atomic mass is 9.94. The van der Waals surface area contributed by atoms with Gasteiger partial charge in [0.2, 0.25) is 0 Å². The average Bonchev–Trinajstić information content (AvgIpc) is 3.22. The van der Waals surface area contributed by atoms with Crippen molar-refractivity contribution in [1.29, 1.82) is 0 Å². The minimum Gasteiger partial charge on any atom is -0.507 e. The van der Waals surface area contributed by atoms with Crippen molar-refractivity contribution in [3.05, 3.63) is 89.0 Å². The van der Waals surface area contributed by atoms with Crippen molar-refractivity contribution < 1.29 is 38.4 Å². The second kappa shape index (κ2) is 11.7. The van der Waals surface area contributed by atoms with Gasteiger partial charge in [0.25, 0.3) is 11.7 Å². The number of benzene rings is 3. The maximum absolute atomic E-state index is 13.6. The normalized spacial score (nSPS) is 16.2. The highest BCUT2D eigenvalue weighted by atomic mass is 16.5. The van der Waals surface area contributed by atoms with E-state index < -0.39 is 29.5 Å². The molecule has 0 radical (unpaired) electrons. The fourth-order valence-corrected chi connectivity index (χ4v) is 4.56. The van der Waals surface area contributed by atoms with E-state index in [1.165, 1.54) is 25.2 Å². The Morgan fingerprint density at radius 2 is 1.64 bits per heavy atom. The zero-order valence-electron chi connectivity index (χ0n) is 22.1. The molecule has 9 heteroatoms. The van der Waals surface area contributed by atoms with Gasteiger partial charge in [0.1, 0.15) is 23.0 Å². The number of anilines is 1. The Bertz CT molecular complexity index is 1440. The lowest BCUT2D eigenvalue weighted by Gasteiger charge is -2.27. The Morgan fingerprint density at radius 3 is 2.33 bits per heavy atom. The number of hydrogen-bond donors (Lipinski definition) is 1. The molecular weight excluding hydrogens is 502 g/mol. The van der Waals surface area contributed by atoms with Gasteiger partial charge in [-0.05, 0) is 50.2 Å². The van der Waals surface area contributed by atoms with Crippen molar-refractivity contribution in [2.45, 2.75) is 19.9 Å². The second-order valence-electron chi connectivity index (χ2n) is 8.48. The summed E-state index contributed by atoms with van der Waals surface area (Å²) in [4.78, 5) is 40.6. The van der Waals surface area contributed by atoms with E-state index in [4.69, 9.17) is 18.9 Å². The molecule has 1 aliphatic heterocycles. The van der Waals surface area contributed by atoms with Crippen LogP contribution in [0.1, 0.15) is 41.4 Å². The molecule has 3 aromatic rings. The van der Waals surface area contributed by atoms with E-state index >= 15 is 0 Å². The number of Topliss-reactive ketones (excluding diaryl/α,β-unsaturated/α-hetero) is 1. The molecule has 1 amide bonds. The summed E-state index contributed by atoms with van der Waals surface area (Å²) in [5, 5.41) is 11.6. The molecule has 1 heterocycles. The Hall–Kier alpha value is -4.79. The number of amides is 1. The summed E-state index contributed by atoms with van der Waals surface area (Å²) in [5.74, 6) is -1.57. The van der Waals surface area contributed by atoms with E-state index in [1.807, 2.05) is 6.92 Å². The predicted molar refractivity (Wildman–Crippen MR) is 144 cm³/mol. The molecular formula is C30H29NO8. The van der Waals surface area contributed by atoms with Crippen LogP contribution in [-0.4, -0.2) is 50.2 Å². The number of carbonyl (C=O) groups is 3. The number of para-hydroxylation sites is 1. The molecule has 4 rings (SSSR count). The van der Waals surface area contributed by atoms with Crippen LogP contribution >= 0.6 is 0 Å². The van der Waals surface area contributed by atoms with Gasteiger partial charge >= 0.3 is 5.97 Å². The largest absolute Gasteiger partial charge is 0.507 e. The molecule has 0 aromatic heterocycles. The molecule has 1 atom stereocenters. The minimum absolute atomic E-state index is 0.155. The zero-order valence-corrected chi connectivity index (χ0v) is 22.1. The first-order chi connectivity index (χ1) is 18.9. The third-order valence-corrected chi connectivity index (χ3v) is 6.24. The van der Waals surface area contributed by atoms with Crippen molar-refractivity contribution in [3.8, 4) is 17.2 Å². The highest BCUT2D eigenvalue weighted by Gasteiger charge is 2.48. The number of ether oxygens (including phenoxy) is 4. The molecule has 1 aliphatic rings. The molecule has 1 N–H and O–H groups in total. The molecule has 0 spiro atoms. The predicted octanol–water partition coefficient (Wildman–Crippen LogP) is 4.91. The first-order valence-electron chi connectivity index (χ1n) is 12.4. The van der Waals surface area contributed by atoms with Crippen LogP contribution in [0, 0.1) is 0 Å². The summed E-state index contributed by atoms with van der Waals surface area (Å²) >= 11 is 0. The standard InChI is InChI=1S/C30H29NO8/c1-5-38-20-14-15-22(24(17-20)39-6-2)27(32)25-26(21-12-7-8-13-23(21)36-3)31(29(34)28(25)33)19-11-9-10-18(16-19)30(35)37-4/h7-17,26,32H,5-6H2,1-4H3/b27-25+. The van der Waals surface area contributed by atoms with E-state index in [1.54, 1.807) is 67.6 Å². The summed E-state index contributed by atoms with van der Waals surface area (Å²) in [6.45, 7) is 4.36. The van der Waals surface area contributed by atoms with Crippen LogP contribution < -0.4 is 19.1 Å². The van der Waals surface area contributed by atoms with Gasteiger partial charge in [-0.3, -0.25) is 14.5 Å². The van der Waals surface area contributed by atoms with Gasteiger partial charge in [0.15, 0.2) is 0 Å². The van der Waals surface area contributed by atoms with Crippen molar-refractivity contribution in [3.63, 3.8) is 0 Å². The topological polar surface area (TPSA) is 112 Å². The van der Waals surface area contributed by atoms with Crippen LogP contribution in [0.5, 0.6) is 17.2 Å². The molecule has 0 bridgehead atoms. The Labute approximate surface area is 226 Å². The molecule has 202 valence electrons. The number of rotatable bonds is 9. The van der Waals surface area contributed by atoms with Crippen LogP contribution in [0.25, 0.3) is 5.76 Å². The Morgan fingerprint density at radius 1 is 0.897 bits per heavy atom. The number of aliphatic hydroxyl groups is 1. The molecule has 39 heavy (non-hydrogen) atoms. The van der Waals surface area contributed by atoms with E-state index in [9.17, 15) is 19.5 Å². The molecule has 1 fully saturated rings.